The average molecular weight is 347 g/mol. The van der Waals surface area contributed by atoms with Crippen LogP contribution in [0.15, 0.2) is 56.7 Å². The number of rotatable bonds is 8. The molecule has 0 aliphatic carbocycles. The van der Waals surface area contributed by atoms with Crippen molar-refractivity contribution in [3.05, 3.63) is 52.8 Å². The number of nitro groups is 1. The molecule has 9 heteroatoms. The summed E-state index contributed by atoms with van der Waals surface area (Å²) in [6, 6.07) is 9.50. The molecular weight excluding hydrogens is 334 g/mol. The van der Waals surface area contributed by atoms with Crippen molar-refractivity contribution in [2.45, 2.75) is 11.6 Å². The van der Waals surface area contributed by atoms with Crippen molar-refractivity contribution in [3.8, 4) is 17.4 Å². The molecule has 124 valence electrons. The molecule has 24 heavy (non-hydrogen) atoms. The van der Waals surface area contributed by atoms with Crippen LogP contribution in [0.2, 0.25) is 0 Å². The molecule has 0 aliphatic rings. The third-order valence-corrected chi connectivity index (χ3v) is 3.87. The van der Waals surface area contributed by atoms with E-state index >= 15 is 0 Å². The Kier molecular flexibility index (Phi) is 5.12. The minimum Gasteiger partial charge on any atom is -0.494 e. The predicted octanol–water partition coefficient (Wildman–Crippen LogP) is 3.80. The maximum absolute atomic E-state index is 10.6. The molecule has 0 unspecified atom stereocenters. The SMILES string of the molecule is O=[N+]([O-])c1ccc(OCCCSc2nnc(-c3ccco3)o2)cc1. The van der Waals surface area contributed by atoms with Gasteiger partial charge in [-0.25, -0.2) is 0 Å². The fourth-order valence-corrected chi connectivity index (χ4v) is 2.51. The van der Waals surface area contributed by atoms with Crippen LogP contribution in [0.3, 0.4) is 0 Å². The molecule has 0 fully saturated rings. The van der Waals surface area contributed by atoms with Gasteiger partial charge in [0.15, 0.2) is 5.76 Å². The van der Waals surface area contributed by atoms with Crippen molar-refractivity contribution in [3.63, 3.8) is 0 Å². The van der Waals surface area contributed by atoms with Gasteiger partial charge in [0.2, 0.25) is 0 Å². The summed E-state index contributed by atoms with van der Waals surface area (Å²) < 4.78 is 16.2. The second-order valence-corrected chi connectivity index (χ2v) is 5.70. The number of thioether (sulfide) groups is 1. The van der Waals surface area contributed by atoms with E-state index < -0.39 is 4.92 Å². The fraction of sp³-hybridized carbons (Fsp3) is 0.200. The molecule has 3 rings (SSSR count). The third-order valence-electron chi connectivity index (χ3n) is 2.97. The standard InChI is InChI=1S/C15H13N3O5S/c19-18(20)11-4-6-12(7-5-11)21-9-2-10-24-15-17-16-14(23-15)13-3-1-8-22-13/h1,3-8H,2,9-10H2. The number of nitrogens with zero attached hydrogens (tertiary/aromatic N) is 3. The Morgan fingerprint density at radius 1 is 1.21 bits per heavy atom. The summed E-state index contributed by atoms with van der Waals surface area (Å²) in [5.41, 5.74) is 0.0432. The van der Waals surface area contributed by atoms with E-state index in [9.17, 15) is 10.1 Å². The highest BCUT2D eigenvalue weighted by Crippen LogP contribution is 2.24. The van der Waals surface area contributed by atoms with Crippen molar-refractivity contribution in [1.82, 2.24) is 10.2 Å². The lowest BCUT2D eigenvalue weighted by molar-refractivity contribution is -0.384. The molecule has 3 aromatic rings. The summed E-state index contributed by atoms with van der Waals surface area (Å²) in [4.78, 5) is 10.1. The number of aromatic nitrogens is 2. The second-order valence-electron chi connectivity index (χ2n) is 4.65. The summed E-state index contributed by atoms with van der Waals surface area (Å²) >= 11 is 1.43. The van der Waals surface area contributed by atoms with Crippen molar-refractivity contribution in [1.29, 1.82) is 0 Å². The number of benzene rings is 1. The lowest BCUT2D eigenvalue weighted by Gasteiger charge is -2.04. The van der Waals surface area contributed by atoms with Crippen molar-refractivity contribution in [2.24, 2.45) is 0 Å². The molecule has 2 aromatic heterocycles. The van der Waals surface area contributed by atoms with Crippen LogP contribution in [0.25, 0.3) is 11.7 Å². The van der Waals surface area contributed by atoms with Crippen molar-refractivity contribution in [2.75, 3.05) is 12.4 Å². The predicted molar refractivity (Wildman–Crippen MR) is 85.9 cm³/mol. The molecule has 0 amide bonds. The summed E-state index contributed by atoms with van der Waals surface area (Å²) in [7, 11) is 0. The van der Waals surface area contributed by atoms with Crippen LogP contribution in [0.4, 0.5) is 5.69 Å². The number of hydrogen-bond donors (Lipinski definition) is 0. The van der Waals surface area contributed by atoms with Gasteiger partial charge in [-0.05, 0) is 30.7 Å². The summed E-state index contributed by atoms with van der Waals surface area (Å²) in [5, 5.41) is 18.9. The lowest BCUT2D eigenvalue weighted by atomic mass is 10.3. The van der Waals surface area contributed by atoms with E-state index in [1.165, 1.54) is 23.9 Å². The van der Waals surface area contributed by atoms with E-state index in [1.807, 2.05) is 0 Å². The van der Waals surface area contributed by atoms with Gasteiger partial charge in [-0.15, -0.1) is 10.2 Å². The molecule has 0 radical (unpaired) electrons. The van der Waals surface area contributed by atoms with Gasteiger partial charge < -0.3 is 13.6 Å². The van der Waals surface area contributed by atoms with Crippen LogP contribution >= 0.6 is 11.8 Å². The Balaban J connectivity index is 1.39. The van der Waals surface area contributed by atoms with Crippen molar-refractivity contribution >= 4 is 17.4 Å². The molecule has 0 bridgehead atoms. The van der Waals surface area contributed by atoms with Crippen LogP contribution in [-0.4, -0.2) is 27.5 Å². The van der Waals surface area contributed by atoms with Gasteiger partial charge >= 0.3 is 0 Å². The molecule has 0 N–H and O–H groups in total. The summed E-state index contributed by atoms with van der Waals surface area (Å²) in [5.74, 6) is 2.23. The number of hydrogen-bond acceptors (Lipinski definition) is 8. The topological polar surface area (TPSA) is 104 Å². The quantitative estimate of drug-likeness (QED) is 0.262. The Morgan fingerprint density at radius 2 is 2.04 bits per heavy atom. The Labute approximate surface area is 141 Å². The first-order chi connectivity index (χ1) is 11.7. The van der Waals surface area contributed by atoms with E-state index in [2.05, 4.69) is 10.2 Å². The maximum Gasteiger partial charge on any atom is 0.284 e. The Hall–Kier alpha value is -2.81. The summed E-state index contributed by atoms with van der Waals surface area (Å²) in [6.07, 6.45) is 2.31. The van der Waals surface area contributed by atoms with E-state index in [0.29, 0.717) is 29.2 Å². The molecule has 0 saturated carbocycles. The monoisotopic (exact) mass is 347 g/mol. The van der Waals surface area contributed by atoms with Gasteiger partial charge in [-0.2, -0.15) is 0 Å². The number of furan rings is 1. The van der Waals surface area contributed by atoms with E-state index in [1.54, 1.807) is 30.5 Å². The molecule has 1 aromatic carbocycles. The zero-order valence-corrected chi connectivity index (χ0v) is 13.3. The van der Waals surface area contributed by atoms with Gasteiger partial charge in [0.25, 0.3) is 16.8 Å². The van der Waals surface area contributed by atoms with Crippen LogP contribution in [0.5, 0.6) is 5.75 Å². The largest absolute Gasteiger partial charge is 0.494 e. The molecule has 0 aliphatic heterocycles. The van der Waals surface area contributed by atoms with Gasteiger partial charge in [-0.3, -0.25) is 10.1 Å². The van der Waals surface area contributed by atoms with E-state index in [-0.39, 0.29) is 5.69 Å². The molecule has 8 nitrogen and oxygen atoms in total. The second kappa shape index (κ2) is 7.64. The fourth-order valence-electron chi connectivity index (χ4n) is 1.84. The number of ether oxygens (including phenoxy) is 1. The van der Waals surface area contributed by atoms with Gasteiger partial charge in [0.05, 0.1) is 17.8 Å². The average Bonchev–Trinajstić information content (AvgIpc) is 3.26. The smallest absolute Gasteiger partial charge is 0.284 e. The van der Waals surface area contributed by atoms with Crippen LogP contribution in [-0.2, 0) is 0 Å². The number of non-ortho nitro benzene ring substituents is 1. The van der Waals surface area contributed by atoms with Crippen LogP contribution < -0.4 is 4.74 Å². The van der Waals surface area contributed by atoms with Crippen LogP contribution in [0, 0.1) is 10.1 Å². The van der Waals surface area contributed by atoms with E-state index in [0.717, 1.165) is 12.2 Å². The first-order valence-corrected chi connectivity index (χ1v) is 8.08. The highest BCUT2D eigenvalue weighted by molar-refractivity contribution is 7.99. The maximum atomic E-state index is 10.6. The Morgan fingerprint density at radius 3 is 2.75 bits per heavy atom. The highest BCUT2D eigenvalue weighted by atomic mass is 32.2. The molecule has 0 spiro atoms. The minimum atomic E-state index is -0.443. The molecule has 0 atom stereocenters. The first kappa shape index (κ1) is 16.1. The summed E-state index contributed by atoms with van der Waals surface area (Å²) in [6.45, 7) is 0.490. The molecular formula is C15H13N3O5S. The first-order valence-electron chi connectivity index (χ1n) is 7.10. The third kappa shape index (κ3) is 4.13. The zero-order chi connectivity index (χ0) is 16.8. The highest BCUT2D eigenvalue weighted by Gasteiger charge is 2.11. The Bertz CT molecular complexity index is 786. The van der Waals surface area contributed by atoms with Gasteiger partial charge in [0, 0.05) is 17.9 Å². The van der Waals surface area contributed by atoms with Crippen molar-refractivity contribution < 1.29 is 18.5 Å². The van der Waals surface area contributed by atoms with Crippen LogP contribution in [0.1, 0.15) is 6.42 Å². The zero-order valence-electron chi connectivity index (χ0n) is 12.5. The molecule has 0 saturated heterocycles. The normalized spacial score (nSPS) is 10.7. The minimum absolute atomic E-state index is 0.0432. The number of nitro benzene ring substituents is 1. The van der Waals surface area contributed by atoms with E-state index in [4.69, 9.17) is 13.6 Å². The molecule has 2 heterocycles. The van der Waals surface area contributed by atoms with Gasteiger partial charge in [0.1, 0.15) is 5.75 Å². The van der Waals surface area contributed by atoms with Gasteiger partial charge in [-0.1, -0.05) is 11.8 Å². The lowest BCUT2D eigenvalue weighted by Crippen LogP contribution is -1.98.